The zero-order chi connectivity index (χ0) is 12.5. The third-order valence-corrected chi connectivity index (χ3v) is 3.44. The van der Waals surface area contributed by atoms with E-state index < -0.39 is 0 Å². The average Bonchev–Trinajstić information content (AvgIpc) is 2.82. The van der Waals surface area contributed by atoms with Gasteiger partial charge in [0.2, 0.25) is 0 Å². The van der Waals surface area contributed by atoms with Gasteiger partial charge in [0, 0.05) is 18.7 Å². The van der Waals surface area contributed by atoms with Gasteiger partial charge in [-0.05, 0) is 30.7 Å². The van der Waals surface area contributed by atoms with Crippen LogP contribution in [0, 0.1) is 6.92 Å². The molecule has 0 fully saturated rings. The lowest BCUT2D eigenvalue weighted by Crippen LogP contribution is -2.28. The smallest absolute Gasteiger partial charge is 0.123 e. The van der Waals surface area contributed by atoms with Crippen LogP contribution in [0.5, 0.6) is 5.75 Å². The minimum absolute atomic E-state index is 0.856. The molecular weight excluding hydrogens is 226 g/mol. The van der Waals surface area contributed by atoms with Crippen LogP contribution in [0.3, 0.4) is 0 Å². The van der Waals surface area contributed by atoms with Gasteiger partial charge >= 0.3 is 0 Å². The molecule has 1 aliphatic heterocycles. The SMILES string of the molecule is COc1ccc(-c2cnc3n2CCNC3)c(C)c1. The van der Waals surface area contributed by atoms with E-state index in [4.69, 9.17) is 4.74 Å². The van der Waals surface area contributed by atoms with Gasteiger partial charge in [-0.15, -0.1) is 0 Å². The summed E-state index contributed by atoms with van der Waals surface area (Å²) in [5.74, 6) is 2.02. The Labute approximate surface area is 107 Å². The van der Waals surface area contributed by atoms with E-state index in [2.05, 4.69) is 33.9 Å². The Morgan fingerprint density at radius 1 is 1.39 bits per heavy atom. The fraction of sp³-hybridized carbons (Fsp3) is 0.357. The maximum Gasteiger partial charge on any atom is 0.123 e. The first-order valence-electron chi connectivity index (χ1n) is 6.19. The third-order valence-electron chi connectivity index (χ3n) is 3.44. The van der Waals surface area contributed by atoms with Crippen LogP contribution < -0.4 is 10.1 Å². The van der Waals surface area contributed by atoms with Crippen LogP contribution in [0.2, 0.25) is 0 Å². The van der Waals surface area contributed by atoms with Gasteiger partial charge in [-0.1, -0.05) is 0 Å². The molecule has 0 unspecified atom stereocenters. The van der Waals surface area contributed by atoms with Crippen molar-refractivity contribution in [2.45, 2.75) is 20.0 Å². The van der Waals surface area contributed by atoms with Gasteiger partial charge < -0.3 is 14.6 Å². The molecule has 0 aliphatic carbocycles. The minimum atomic E-state index is 0.856. The second-order valence-electron chi connectivity index (χ2n) is 4.57. The zero-order valence-corrected chi connectivity index (χ0v) is 10.7. The fourth-order valence-corrected chi connectivity index (χ4v) is 2.46. The normalized spacial score (nSPS) is 14.3. The van der Waals surface area contributed by atoms with Gasteiger partial charge in [0.15, 0.2) is 0 Å². The number of aryl methyl sites for hydroxylation is 1. The van der Waals surface area contributed by atoms with E-state index in [9.17, 15) is 0 Å². The van der Waals surface area contributed by atoms with Crippen molar-refractivity contribution in [3.63, 3.8) is 0 Å². The Bertz CT molecular complexity index is 574. The monoisotopic (exact) mass is 243 g/mol. The summed E-state index contributed by atoms with van der Waals surface area (Å²) >= 11 is 0. The van der Waals surface area contributed by atoms with E-state index in [0.717, 1.165) is 31.2 Å². The number of benzene rings is 1. The molecule has 0 radical (unpaired) electrons. The molecule has 0 amide bonds. The van der Waals surface area contributed by atoms with Crippen LogP contribution in [0.4, 0.5) is 0 Å². The molecule has 2 aromatic rings. The number of hydrogen-bond donors (Lipinski definition) is 1. The number of hydrogen-bond acceptors (Lipinski definition) is 3. The zero-order valence-electron chi connectivity index (χ0n) is 10.7. The maximum atomic E-state index is 5.25. The molecule has 1 N–H and O–H groups in total. The van der Waals surface area contributed by atoms with Crippen LogP contribution in [-0.2, 0) is 13.1 Å². The Balaban J connectivity index is 2.07. The second kappa shape index (κ2) is 4.46. The highest BCUT2D eigenvalue weighted by Crippen LogP contribution is 2.28. The first kappa shape index (κ1) is 11.3. The summed E-state index contributed by atoms with van der Waals surface area (Å²) in [5.41, 5.74) is 3.65. The number of fused-ring (bicyclic) bond motifs is 1. The molecule has 0 saturated heterocycles. The van der Waals surface area contributed by atoms with E-state index in [1.165, 1.54) is 16.8 Å². The van der Waals surface area contributed by atoms with Gasteiger partial charge in [-0.25, -0.2) is 4.98 Å². The number of methoxy groups -OCH3 is 1. The number of aromatic nitrogens is 2. The van der Waals surface area contributed by atoms with Crippen molar-refractivity contribution in [1.29, 1.82) is 0 Å². The summed E-state index contributed by atoms with van der Waals surface area (Å²) < 4.78 is 7.54. The summed E-state index contributed by atoms with van der Waals surface area (Å²) in [7, 11) is 1.70. The van der Waals surface area contributed by atoms with Crippen molar-refractivity contribution in [2.75, 3.05) is 13.7 Å². The van der Waals surface area contributed by atoms with Crippen molar-refractivity contribution in [3.05, 3.63) is 35.8 Å². The van der Waals surface area contributed by atoms with E-state index in [1.807, 2.05) is 12.3 Å². The highest BCUT2D eigenvalue weighted by atomic mass is 16.5. The standard InChI is InChI=1S/C14H17N3O/c1-10-7-11(18-2)3-4-12(10)13-8-16-14-9-15-5-6-17(13)14/h3-4,7-8,15H,5-6,9H2,1-2H3. The second-order valence-corrected chi connectivity index (χ2v) is 4.57. The Morgan fingerprint density at radius 3 is 3.06 bits per heavy atom. The lowest BCUT2D eigenvalue weighted by Gasteiger charge is -2.18. The molecule has 1 aromatic heterocycles. The van der Waals surface area contributed by atoms with Crippen molar-refractivity contribution in [3.8, 4) is 17.0 Å². The van der Waals surface area contributed by atoms with Crippen molar-refractivity contribution in [1.82, 2.24) is 14.9 Å². The number of nitrogens with zero attached hydrogens (tertiary/aromatic N) is 2. The Hall–Kier alpha value is -1.81. The van der Waals surface area contributed by atoms with Gasteiger partial charge in [-0.3, -0.25) is 0 Å². The van der Waals surface area contributed by atoms with E-state index in [0.29, 0.717) is 0 Å². The summed E-state index contributed by atoms with van der Waals surface area (Å²) in [5, 5.41) is 3.34. The van der Waals surface area contributed by atoms with Crippen molar-refractivity contribution >= 4 is 0 Å². The number of ether oxygens (including phenoxy) is 1. The number of rotatable bonds is 2. The van der Waals surface area contributed by atoms with E-state index in [1.54, 1.807) is 7.11 Å². The molecule has 4 heteroatoms. The highest BCUT2D eigenvalue weighted by molar-refractivity contribution is 5.65. The maximum absolute atomic E-state index is 5.25. The quantitative estimate of drug-likeness (QED) is 0.876. The molecule has 1 aliphatic rings. The summed E-state index contributed by atoms with van der Waals surface area (Å²) in [6, 6.07) is 6.18. The summed E-state index contributed by atoms with van der Waals surface area (Å²) in [6.45, 7) is 4.95. The Morgan fingerprint density at radius 2 is 2.28 bits per heavy atom. The lowest BCUT2D eigenvalue weighted by molar-refractivity contribution is 0.414. The topological polar surface area (TPSA) is 39.1 Å². The highest BCUT2D eigenvalue weighted by Gasteiger charge is 2.15. The molecule has 2 heterocycles. The average molecular weight is 243 g/mol. The Kier molecular flexibility index (Phi) is 2.80. The molecular formula is C14H17N3O. The predicted molar refractivity (Wildman–Crippen MR) is 70.7 cm³/mol. The molecule has 0 atom stereocenters. The first-order valence-corrected chi connectivity index (χ1v) is 6.19. The van der Waals surface area contributed by atoms with Crippen molar-refractivity contribution in [2.24, 2.45) is 0 Å². The van der Waals surface area contributed by atoms with E-state index in [-0.39, 0.29) is 0 Å². The van der Waals surface area contributed by atoms with Crippen LogP contribution in [0.25, 0.3) is 11.3 Å². The largest absolute Gasteiger partial charge is 0.497 e. The molecule has 94 valence electrons. The third kappa shape index (κ3) is 1.78. The van der Waals surface area contributed by atoms with Gasteiger partial charge in [0.1, 0.15) is 11.6 Å². The summed E-state index contributed by atoms with van der Waals surface area (Å²) in [4.78, 5) is 4.49. The van der Waals surface area contributed by atoms with Crippen molar-refractivity contribution < 1.29 is 4.74 Å². The molecule has 0 bridgehead atoms. The van der Waals surface area contributed by atoms with Gasteiger partial charge in [-0.2, -0.15) is 0 Å². The number of nitrogens with one attached hydrogen (secondary N) is 1. The van der Waals surface area contributed by atoms with Gasteiger partial charge in [0.05, 0.1) is 25.5 Å². The van der Waals surface area contributed by atoms with E-state index >= 15 is 0 Å². The van der Waals surface area contributed by atoms with Gasteiger partial charge in [0.25, 0.3) is 0 Å². The summed E-state index contributed by atoms with van der Waals surface area (Å²) in [6.07, 6.45) is 1.97. The lowest BCUT2D eigenvalue weighted by atomic mass is 10.1. The molecule has 0 saturated carbocycles. The fourth-order valence-electron chi connectivity index (χ4n) is 2.46. The first-order chi connectivity index (χ1) is 8.79. The van der Waals surface area contributed by atoms with Crippen LogP contribution in [-0.4, -0.2) is 23.2 Å². The van der Waals surface area contributed by atoms with Crippen LogP contribution in [0.1, 0.15) is 11.4 Å². The molecule has 0 spiro atoms. The number of imidazole rings is 1. The molecule has 3 rings (SSSR count). The molecule has 4 nitrogen and oxygen atoms in total. The van der Waals surface area contributed by atoms with Crippen LogP contribution >= 0.6 is 0 Å². The predicted octanol–water partition coefficient (Wildman–Crippen LogP) is 1.97. The van der Waals surface area contributed by atoms with Crippen LogP contribution in [0.15, 0.2) is 24.4 Å². The molecule has 1 aromatic carbocycles. The minimum Gasteiger partial charge on any atom is -0.497 e. The molecule has 18 heavy (non-hydrogen) atoms.